The molecule has 0 N–H and O–H groups in total. The van der Waals surface area contributed by atoms with Gasteiger partial charge in [0.2, 0.25) is 0 Å². The Morgan fingerprint density at radius 3 is 2.56 bits per heavy atom. The van der Waals surface area contributed by atoms with Gasteiger partial charge in [0.1, 0.15) is 6.61 Å². The molecule has 1 aliphatic heterocycles. The van der Waals surface area contributed by atoms with Crippen LogP contribution in [0.2, 0.25) is 0 Å². The highest BCUT2D eigenvalue weighted by Crippen LogP contribution is 2.37. The Morgan fingerprint density at radius 2 is 1.81 bits per heavy atom. The van der Waals surface area contributed by atoms with Crippen molar-refractivity contribution in [1.29, 1.82) is 0 Å². The molecule has 0 radical (unpaired) electrons. The number of amides is 1. The fourth-order valence-electron chi connectivity index (χ4n) is 3.43. The number of thiocarbonyl (C=S) groups is 1. The lowest BCUT2D eigenvalue weighted by Crippen LogP contribution is -2.27. The van der Waals surface area contributed by atoms with Crippen molar-refractivity contribution in [2.24, 2.45) is 0 Å². The van der Waals surface area contributed by atoms with Gasteiger partial charge in [-0.2, -0.15) is 0 Å². The number of anilines is 1. The Hall–Kier alpha value is -3.09. The number of ether oxygens (including phenoxy) is 2. The highest BCUT2D eigenvalue weighted by atomic mass is 32.2. The molecule has 162 valence electrons. The number of benzene rings is 3. The van der Waals surface area contributed by atoms with Crippen LogP contribution in [0.15, 0.2) is 71.6 Å². The molecule has 32 heavy (non-hydrogen) atoms. The summed E-state index contributed by atoms with van der Waals surface area (Å²) in [5.74, 6) is 1.14. The number of hydrogen-bond donors (Lipinski definition) is 0. The van der Waals surface area contributed by atoms with Gasteiger partial charge in [-0.05, 0) is 66.4 Å². The molecule has 1 aliphatic rings. The molecule has 3 aromatic rings. The zero-order valence-electron chi connectivity index (χ0n) is 18.1. The first kappa shape index (κ1) is 22.1. The van der Waals surface area contributed by atoms with E-state index in [0.29, 0.717) is 27.3 Å². The summed E-state index contributed by atoms with van der Waals surface area (Å²) >= 11 is 6.78. The summed E-state index contributed by atoms with van der Waals surface area (Å²) < 4.78 is 12.1. The van der Waals surface area contributed by atoms with E-state index in [1.165, 1.54) is 17.3 Å². The normalized spacial score (nSPS) is 14.8. The second-order valence-electron chi connectivity index (χ2n) is 7.48. The molecule has 4 nitrogen and oxygen atoms in total. The monoisotopic (exact) mass is 461 g/mol. The van der Waals surface area contributed by atoms with Crippen molar-refractivity contribution >= 4 is 46.0 Å². The summed E-state index contributed by atoms with van der Waals surface area (Å²) in [6, 6.07) is 21.5. The van der Waals surface area contributed by atoms with E-state index < -0.39 is 0 Å². The lowest BCUT2D eigenvalue weighted by Gasteiger charge is -2.15. The maximum absolute atomic E-state index is 13.0. The molecule has 1 fully saturated rings. The predicted molar refractivity (Wildman–Crippen MR) is 135 cm³/mol. The Balaban J connectivity index is 1.54. The number of carbonyl (C=O) groups excluding carboxylic acids is 1. The Kier molecular flexibility index (Phi) is 6.63. The van der Waals surface area contributed by atoms with Crippen LogP contribution in [0.4, 0.5) is 5.69 Å². The molecule has 0 spiro atoms. The predicted octanol–water partition coefficient (Wildman–Crippen LogP) is 6.30. The lowest BCUT2D eigenvalue weighted by atomic mass is 10.1. The molecule has 6 heteroatoms. The van der Waals surface area contributed by atoms with Crippen LogP contribution in [0, 0.1) is 13.8 Å². The molecule has 1 heterocycles. The molecule has 0 saturated carbocycles. The molecule has 1 amide bonds. The summed E-state index contributed by atoms with van der Waals surface area (Å²) in [5.41, 5.74) is 5.01. The molecule has 0 unspecified atom stereocenters. The van der Waals surface area contributed by atoms with Crippen molar-refractivity contribution < 1.29 is 14.3 Å². The molecule has 0 atom stereocenters. The van der Waals surface area contributed by atoms with Crippen LogP contribution in [0.25, 0.3) is 6.08 Å². The standard InChI is InChI=1S/C26H23NO3S2/c1-17-7-6-10-21(13-17)27-25(28)24(32-26(27)31)15-19-11-12-22(23(14-19)29-3)30-16-20-9-5-4-8-18(20)2/h4-15H,16H2,1-3H3. The number of aryl methyl sites for hydroxylation is 2. The quantitative estimate of drug-likeness (QED) is 0.318. The third kappa shape index (κ3) is 4.71. The van der Waals surface area contributed by atoms with Gasteiger partial charge < -0.3 is 9.47 Å². The van der Waals surface area contributed by atoms with Gasteiger partial charge in [-0.15, -0.1) is 0 Å². The third-order valence-electron chi connectivity index (χ3n) is 5.18. The molecule has 1 saturated heterocycles. The minimum absolute atomic E-state index is 0.121. The number of nitrogens with zero attached hydrogens (tertiary/aromatic N) is 1. The van der Waals surface area contributed by atoms with Crippen LogP contribution in [-0.4, -0.2) is 17.3 Å². The second kappa shape index (κ2) is 9.59. The van der Waals surface area contributed by atoms with Crippen molar-refractivity contribution in [2.45, 2.75) is 20.5 Å². The van der Waals surface area contributed by atoms with Crippen molar-refractivity contribution in [3.8, 4) is 11.5 Å². The van der Waals surface area contributed by atoms with Crippen LogP contribution in [0.5, 0.6) is 11.5 Å². The topological polar surface area (TPSA) is 38.8 Å². The van der Waals surface area contributed by atoms with Gasteiger partial charge in [0.25, 0.3) is 5.91 Å². The Labute approximate surface area is 197 Å². The van der Waals surface area contributed by atoms with E-state index in [1.807, 2.05) is 73.7 Å². The molecular formula is C26H23NO3S2. The largest absolute Gasteiger partial charge is 0.493 e. The van der Waals surface area contributed by atoms with E-state index in [4.69, 9.17) is 21.7 Å². The van der Waals surface area contributed by atoms with E-state index in [1.54, 1.807) is 12.0 Å². The number of carbonyl (C=O) groups is 1. The number of rotatable bonds is 6. The lowest BCUT2D eigenvalue weighted by molar-refractivity contribution is -0.113. The van der Waals surface area contributed by atoms with Crippen molar-refractivity contribution in [3.05, 3.63) is 93.9 Å². The minimum Gasteiger partial charge on any atom is -0.493 e. The van der Waals surface area contributed by atoms with Crippen LogP contribution < -0.4 is 14.4 Å². The first-order valence-electron chi connectivity index (χ1n) is 10.2. The van der Waals surface area contributed by atoms with Gasteiger partial charge in [0.05, 0.1) is 17.7 Å². The first-order valence-corrected chi connectivity index (χ1v) is 11.4. The summed E-state index contributed by atoms with van der Waals surface area (Å²) in [7, 11) is 1.61. The summed E-state index contributed by atoms with van der Waals surface area (Å²) in [6.45, 7) is 4.51. The SMILES string of the molecule is COc1cc(C=C2SC(=S)N(c3cccc(C)c3)C2=O)ccc1OCc1ccccc1C. The van der Waals surface area contributed by atoms with Crippen LogP contribution >= 0.6 is 24.0 Å². The van der Waals surface area contributed by atoms with Gasteiger partial charge in [0.15, 0.2) is 15.8 Å². The van der Waals surface area contributed by atoms with E-state index in [0.717, 1.165) is 22.4 Å². The fourth-order valence-corrected chi connectivity index (χ4v) is 4.73. The van der Waals surface area contributed by atoms with E-state index >= 15 is 0 Å². The van der Waals surface area contributed by atoms with E-state index in [-0.39, 0.29) is 5.91 Å². The van der Waals surface area contributed by atoms with Gasteiger partial charge >= 0.3 is 0 Å². The first-order chi connectivity index (χ1) is 15.5. The molecule has 3 aromatic carbocycles. The van der Waals surface area contributed by atoms with Gasteiger partial charge in [0, 0.05) is 0 Å². The smallest absolute Gasteiger partial charge is 0.270 e. The van der Waals surface area contributed by atoms with Crippen molar-refractivity contribution in [2.75, 3.05) is 12.0 Å². The fraction of sp³-hybridized carbons (Fsp3) is 0.154. The maximum Gasteiger partial charge on any atom is 0.270 e. The average molecular weight is 462 g/mol. The molecule has 4 rings (SSSR count). The Bertz CT molecular complexity index is 1220. The summed E-state index contributed by atoms with van der Waals surface area (Å²) in [5, 5.41) is 0. The van der Waals surface area contributed by atoms with Crippen LogP contribution in [0.1, 0.15) is 22.3 Å². The van der Waals surface area contributed by atoms with Crippen molar-refractivity contribution in [1.82, 2.24) is 0 Å². The van der Waals surface area contributed by atoms with E-state index in [9.17, 15) is 4.79 Å². The summed E-state index contributed by atoms with van der Waals surface area (Å²) in [4.78, 5) is 15.2. The molecule has 0 bridgehead atoms. The molecule has 0 aliphatic carbocycles. The number of thioether (sulfide) groups is 1. The zero-order chi connectivity index (χ0) is 22.7. The maximum atomic E-state index is 13.0. The third-order valence-corrected chi connectivity index (χ3v) is 6.49. The van der Waals surface area contributed by atoms with Crippen LogP contribution in [0.3, 0.4) is 0 Å². The average Bonchev–Trinajstić information content (AvgIpc) is 3.06. The number of hydrogen-bond acceptors (Lipinski definition) is 5. The highest BCUT2D eigenvalue weighted by molar-refractivity contribution is 8.27. The highest BCUT2D eigenvalue weighted by Gasteiger charge is 2.33. The van der Waals surface area contributed by atoms with E-state index in [2.05, 4.69) is 13.0 Å². The molecule has 0 aromatic heterocycles. The minimum atomic E-state index is -0.121. The number of methoxy groups -OCH3 is 1. The van der Waals surface area contributed by atoms with Gasteiger partial charge in [-0.25, -0.2) is 0 Å². The van der Waals surface area contributed by atoms with Crippen molar-refractivity contribution in [3.63, 3.8) is 0 Å². The summed E-state index contributed by atoms with van der Waals surface area (Å²) in [6.07, 6.45) is 1.84. The van der Waals surface area contributed by atoms with Crippen LogP contribution in [-0.2, 0) is 11.4 Å². The van der Waals surface area contributed by atoms with Gasteiger partial charge in [-0.1, -0.05) is 66.4 Å². The Morgan fingerprint density at radius 1 is 1.00 bits per heavy atom. The molecular weight excluding hydrogens is 438 g/mol. The zero-order valence-corrected chi connectivity index (χ0v) is 19.8. The second-order valence-corrected chi connectivity index (χ2v) is 9.16. The van der Waals surface area contributed by atoms with Gasteiger partial charge in [-0.3, -0.25) is 9.69 Å².